The molecule has 2 rings (SSSR count). The molecule has 100 valence electrons. The Balaban J connectivity index is 1.78. The summed E-state index contributed by atoms with van der Waals surface area (Å²) >= 11 is 0. The summed E-state index contributed by atoms with van der Waals surface area (Å²) in [5, 5.41) is 0. The summed E-state index contributed by atoms with van der Waals surface area (Å²) in [4.78, 5) is 7.76. The number of likely N-dealkylation sites (tertiary alicyclic amines) is 1. The Labute approximate surface area is 107 Å². The van der Waals surface area contributed by atoms with E-state index < -0.39 is 0 Å². The van der Waals surface area contributed by atoms with Gasteiger partial charge in [-0.25, -0.2) is 0 Å². The lowest BCUT2D eigenvalue weighted by atomic mass is 9.89. The fourth-order valence-corrected chi connectivity index (χ4v) is 3.30. The number of hydrogen-bond donors (Lipinski definition) is 0. The van der Waals surface area contributed by atoms with Crippen LogP contribution < -0.4 is 0 Å². The van der Waals surface area contributed by atoms with Gasteiger partial charge in [0.2, 0.25) is 0 Å². The summed E-state index contributed by atoms with van der Waals surface area (Å²) in [5.41, 5.74) is 0. The lowest BCUT2D eigenvalue weighted by Crippen LogP contribution is -2.52. The normalized spacial score (nSPS) is 28.4. The molecule has 2 heterocycles. The van der Waals surface area contributed by atoms with Gasteiger partial charge in [-0.1, -0.05) is 6.92 Å². The second-order valence-electron chi connectivity index (χ2n) is 5.85. The first-order chi connectivity index (χ1) is 8.20. The van der Waals surface area contributed by atoms with Crippen molar-refractivity contribution in [2.24, 2.45) is 5.92 Å². The summed E-state index contributed by atoms with van der Waals surface area (Å²) in [6.45, 7) is 13.6. The maximum Gasteiger partial charge on any atom is 0.0113 e. The van der Waals surface area contributed by atoms with Gasteiger partial charge in [-0.2, -0.15) is 0 Å². The predicted octanol–water partition coefficient (Wildman–Crippen LogP) is 1.35. The van der Waals surface area contributed by atoms with Crippen molar-refractivity contribution in [2.75, 3.05) is 52.9 Å². The summed E-state index contributed by atoms with van der Waals surface area (Å²) in [6, 6.07) is 0.794. The minimum atomic E-state index is 0.794. The van der Waals surface area contributed by atoms with Crippen molar-refractivity contribution in [3.8, 4) is 0 Å². The second kappa shape index (κ2) is 6.17. The molecule has 2 fully saturated rings. The highest BCUT2D eigenvalue weighted by Crippen LogP contribution is 2.24. The molecule has 0 aromatic heterocycles. The number of rotatable bonds is 3. The number of piperazine rings is 1. The van der Waals surface area contributed by atoms with Crippen LogP contribution >= 0.6 is 0 Å². The van der Waals surface area contributed by atoms with Crippen LogP contribution in [0.1, 0.15) is 26.7 Å². The van der Waals surface area contributed by atoms with E-state index in [4.69, 9.17) is 0 Å². The molecule has 0 unspecified atom stereocenters. The van der Waals surface area contributed by atoms with Gasteiger partial charge in [0.1, 0.15) is 0 Å². The number of likely N-dealkylation sites (N-methyl/N-ethyl adjacent to an activating group) is 1. The molecule has 0 aromatic rings. The molecule has 0 N–H and O–H groups in total. The van der Waals surface area contributed by atoms with Gasteiger partial charge in [0, 0.05) is 32.2 Å². The first-order valence-corrected chi connectivity index (χ1v) is 7.35. The van der Waals surface area contributed by atoms with Crippen molar-refractivity contribution in [3.05, 3.63) is 0 Å². The van der Waals surface area contributed by atoms with E-state index in [9.17, 15) is 0 Å². The molecular weight excluding hydrogens is 210 g/mol. The monoisotopic (exact) mass is 239 g/mol. The summed E-state index contributed by atoms with van der Waals surface area (Å²) in [5.74, 6) is 0.930. The standard InChI is InChI=1S/C14H29N3/c1-4-16-9-11-17(12-10-16)13(2)14-5-7-15(3)8-6-14/h13-14H,4-12H2,1-3H3/t13-/m0/s1. The molecule has 0 aromatic carbocycles. The fraction of sp³-hybridized carbons (Fsp3) is 1.00. The van der Waals surface area contributed by atoms with Crippen LogP contribution in [0, 0.1) is 5.92 Å². The van der Waals surface area contributed by atoms with Crippen molar-refractivity contribution < 1.29 is 0 Å². The molecule has 0 saturated carbocycles. The van der Waals surface area contributed by atoms with Crippen LogP contribution in [0.25, 0.3) is 0 Å². The molecule has 0 amide bonds. The second-order valence-corrected chi connectivity index (χ2v) is 5.85. The van der Waals surface area contributed by atoms with E-state index in [0.717, 1.165) is 12.0 Å². The number of hydrogen-bond acceptors (Lipinski definition) is 3. The van der Waals surface area contributed by atoms with E-state index in [1.807, 2.05) is 0 Å². The maximum atomic E-state index is 2.72. The highest BCUT2D eigenvalue weighted by Gasteiger charge is 2.28. The van der Waals surface area contributed by atoms with Gasteiger partial charge in [-0.3, -0.25) is 4.90 Å². The van der Waals surface area contributed by atoms with Crippen molar-refractivity contribution >= 4 is 0 Å². The van der Waals surface area contributed by atoms with Crippen LogP contribution in [0.3, 0.4) is 0 Å². The van der Waals surface area contributed by atoms with E-state index >= 15 is 0 Å². The summed E-state index contributed by atoms with van der Waals surface area (Å²) in [7, 11) is 2.25. The van der Waals surface area contributed by atoms with E-state index in [1.54, 1.807) is 0 Å². The molecule has 3 heteroatoms. The lowest BCUT2D eigenvalue weighted by molar-refractivity contribution is 0.0593. The smallest absolute Gasteiger partial charge is 0.0113 e. The average molecular weight is 239 g/mol. The summed E-state index contributed by atoms with van der Waals surface area (Å²) < 4.78 is 0. The van der Waals surface area contributed by atoms with Crippen molar-refractivity contribution in [3.63, 3.8) is 0 Å². The molecule has 0 bridgehead atoms. The molecule has 0 spiro atoms. The van der Waals surface area contributed by atoms with Crippen LogP contribution in [0.5, 0.6) is 0 Å². The van der Waals surface area contributed by atoms with E-state index in [0.29, 0.717) is 0 Å². The van der Waals surface area contributed by atoms with Crippen LogP contribution in [-0.4, -0.2) is 73.6 Å². The Kier molecular flexibility index (Phi) is 4.83. The lowest BCUT2D eigenvalue weighted by Gasteiger charge is -2.42. The minimum Gasteiger partial charge on any atom is -0.306 e. The predicted molar refractivity (Wildman–Crippen MR) is 73.4 cm³/mol. The Hall–Kier alpha value is -0.120. The third-order valence-corrected chi connectivity index (χ3v) is 4.88. The fourth-order valence-electron chi connectivity index (χ4n) is 3.30. The molecule has 2 saturated heterocycles. The van der Waals surface area contributed by atoms with Gasteiger partial charge in [0.25, 0.3) is 0 Å². The zero-order valence-corrected chi connectivity index (χ0v) is 11.9. The van der Waals surface area contributed by atoms with Gasteiger partial charge < -0.3 is 9.80 Å². The van der Waals surface area contributed by atoms with Gasteiger partial charge in [-0.15, -0.1) is 0 Å². The molecule has 0 aliphatic carbocycles. The Morgan fingerprint density at radius 2 is 1.59 bits per heavy atom. The molecule has 17 heavy (non-hydrogen) atoms. The van der Waals surface area contributed by atoms with Crippen molar-refractivity contribution in [1.29, 1.82) is 0 Å². The minimum absolute atomic E-state index is 0.794. The van der Waals surface area contributed by atoms with Crippen LogP contribution in [0.15, 0.2) is 0 Å². The van der Waals surface area contributed by atoms with E-state index in [2.05, 4.69) is 35.6 Å². The largest absolute Gasteiger partial charge is 0.306 e. The first-order valence-electron chi connectivity index (χ1n) is 7.35. The third kappa shape index (κ3) is 3.43. The average Bonchev–Trinajstić information content (AvgIpc) is 2.39. The first kappa shape index (κ1) is 13.3. The number of nitrogens with zero attached hydrogens (tertiary/aromatic N) is 3. The Morgan fingerprint density at radius 1 is 1.00 bits per heavy atom. The summed E-state index contributed by atoms with van der Waals surface area (Å²) in [6.07, 6.45) is 2.79. The Bertz CT molecular complexity index is 216. The van der Waals surface area contributed by atoms with Gasteiger partial charge in [0.05, 0.1) is 0 Å². The Morgan fingerprint density at radius 3 is 2.12 bits per heavy atom. The van der Waals surface area contributed by atoms with Crippen LogP contribution in [0.2, 0.25) is 0 Å². The molecule has 1 atom stereocenters. The molecule has 3 nitrogen and oxygen atoms in total. The molecule has 2 aliphatic rings. The highest BCUT2D eigenvalue weighted by atomic mass is 15.3. The number of piperidine rings is 1. The van der Waals surface area contributed by atoms with Crippen LogP contribution in [-0.2, 0) is 0 Å². The topological polar surface area (TPSA) is 9.72 Å². The van der Waals surface area contributed by atoms with E-state index in [-0.39, 0.29) is 0 Å². The van der Waals surface area contributed by atoms with E-state index in [1.165, 1.54) is 58.7 Å². The SMILES string of the molecule is CCN1CCN([C@@H](C)C2CCN(C)CC2)CC1. The van der Waals surface area contributed by atoms with Crippen LogP contribution in [0.4, 0.5) is 0 Å². The molecule has 0 radical (unpaired) electrons. The third-order valence-electron chi connectivity index (χ3n) is 4.88. The quantitative estimate of drug-likeness (QED) is 0.736. The zero-order chi connectivity index (χ0) is 12.3. The van der Waals surface area contributed by atoms with Crippen molar-refractivity contribution in [1.82, 2.24) is 14.7 Å². The molecular formula is C14H29N3. The molecule has 2 aliphatic heterocycles. The zero-order valence-electron chi connectivity index (χ0n) is 11.9. The van der Waals surface area contributed by atoms with Crippen molar-refractivity contribution in [2.45, 2.75) is 32.7 Å². The van der Waals surface area contributed by atoms with Gasteiger partial charge in [-0.05, 0) is 52.4 Å². The van der Waals surface area contributed by atoms with Gasteiger partial charge in [0.15, 0.2) is 0 Å². The van der Waals surface area contributed by atoms with Gasteiger partial charge >= 0.3 is 0 Å². The highest BCUT2D eigenvalue weighted by molar-refractivity contribution is 4.83. The maximum absolute atomic E-state index is 2.72.